The molecule has 0 fully saturated rings. The average Bonchev–Trinajstić information content (AvgIpc) is 2.83. The lowest BCUT2D eigenvalue weighted by molar-refractivity contribution is 0.261. The van der Waals surface area contributed by atoms with Crippen molar-refractivity contribution in [3.8, 4) is 28.4 Å². The van der Waals surface area contributed by atoms with E-state index in [1.54, 1.807) is 14.2 Å². The molecule has 1 heterocycles. The van der Waals surface area contributed by atoms with E-state index in [1.807, 2.05) is 18.2 Å². The first-order valence-corrected chi connectivity index (χ1v) is 11.1. The third-order valence-electron chi connectivity index (χ3n) is 5.92. The quantitative estimate of drug-likeness (QED) is 0.566. The molecule has 32 heavy (non-hydrogen) atoms. The molecule has 0 radical (unpaired) electrons. The van der Waals surface area contributed by atoms with Crippen LogP contribution in [0, 0.1) is 0 Å². The van der Waals surface area contributed by atoms with Crippen LogP contribution in [0.4, 0.5) is 0 Å². The molecule has 3 aromatic carbocycles. The Morgan fingerprint density at radius 2 is 1.69 bits per heavy atom. The van der Waals surface area contributed by atoms with Gasteiger partial charge < -0.3 is 24.4 Å². The lowest BCUT2D eigenvalue weighted by Gasteiger charge is -2.29. The highest BCUT2D eigenvalue weighted by Gasteiger charge is 2.26. The average molecular weight is 433 g/mol. The Balaban J connectivity index is 1.68. The van der Waals surface area contributed by atoms with Crippen LogP contribution < -0.4 is 19.5 Å². The van der Waals surface area contributed by atoms with Crippen LogP contribution in [-0.4, -0.2) is 52.9 Å². The normalized spacial score (nSPS) is 15.3. The van der Waals surface area contributed by atoms with E-state index in [0.29, 0.717) is 6.61 Å². The molecule has 1 unspecified atom stereocenters. The number of methoxy groups -OCH3 is 2. The van der Waals surface area contributed by atoms with E-state index >= 15 is 0 Å². The van der Waals surface area contributed by atoms with E-state index in [2.05, 4.69) is 66.8 Å². The number of fused-ring (bicyclic) bond motifs is 1. The Labute approximate surface area is 190 Å². The number of hydrogen-bond donors (Lipinski definition) is 1. The van der Waals surface area contributed by atoms with Crippen LogP contribution in [-0.2, 0) is 6.42 Å². The molecule has 0 aliphatic carbocycles. The maximum absolute atomic E-state index is 5.96. The van der Waals surface area contributed by atoms with Crippen molar-refractivity contribution in [2.24, 2.45) is 0 Å². The number of hydrogen-bond acceptors (Lipinski definition) is 5. The van der Waals surface area contributed by atoms with Crippen molar-refractivity contribution >= 4 is 0 Å². The molecule has 0 bridgehead atoms. The van der Waals surface area contributed by atoms with Gasteiger partial charge in [-0.1, -0.05) is 36.4 Å². The monoisotopic (exact) mass is 432 g/mol. The summed E-state index contributed by atoms with van der Waals surface area (Å²) in [6.07, 6.45) is 0.970. The summed E-state index contributed by atoms with van der Waals surface area (Å²) in [5.41, 5.74) is 5.76. The highest BCUT2D eigenvalue weighted by atomic mass is 16.5. The molecule has 1 atom stereocenters. The van der Waals surface area contributed by atoms with E-state index in [-0.39, 0.29) is 6.04 Å². The molecule has 4 rings (SSSR count). The standard InChI is InChI=1S/C27H32N2O3/c1-29(2)14-15-32-21-10-11-22-20(16-21)12-13-28-27(22)24-18-25(30-3)23(17-26(24)31-4)19-8-6-5-7-9-19/h5-11,16-18,27-28H,12-15H2,1-4H3. The van der Waals surface area contributed by atoms with Gasteiger partial charge in [0.05, 0.1) is 20.3 Å². The minimum Gasteiger partial charge on any atom is -0.496 e. The molecule has 0 saturated carbocycles. The van der Waals surface area contributed by atoms with Crippen molar-refractivity contribution in [2.75, 3.05) is 48.0 Å². The van der Waals surface area contributed by atoms with Crippen LogP contribution in [0.5, 0.6) is 17.2 Å². The van der Waals surface area contributed by atoms with Crippen LogP contribution in [0.15, 0.2) is 60.7 Å². The van der Waals surface area contributed by atoms with Gasteiger partial charge in [-0.05, 0) is 61.5 Å². The summed E-state index contributed by atoms with van der Waals surface area (Å²) in [6.45, 7) is 2.47. The van der Waals surface area contributed by atoms with Gasteiger partial charge in [0.25, 0.3) is 0 Å². The van der Waals surface area contributed by atoms with Gasteiger partial charge in [0, 0.05) is 24.2 Å². The predicted molar refractivity (Wildman–Crippen MR) is 129 cm³/mol. The van der Waals surface area contributed by atoms with Gasteiger partial charge in [-0.15, -0.1) is 0 Å². The van der Waals surface area contributed by atoms with Gasteiger partial charge in [-0.25, -0.2) is 0 Å². The van der Waals surface area contributed by atoms with Crippen LogP contribution >= 0.6 is 0 Å². The molecule has 168 valence electrons. The molecule has 5 heteroatoms. The van der Waals surface area contributed by atoms with Crippen molar-refractivity contribution in [1.29, 1.82) is 0 Å². The molecule has 0 amide bonds. The highest BCUT2D eigenvalue weighted by Crippen LogP contribution is 2.42. The zero-order chi connectivity index (χ0) is 22.5. The van der Waals surface area contributed by atoms with Gasteiger partial charge in [0.2, 0.25) is 0 Å². The van der Waals surface area contributed by atoms with E-state index in [9.17, 15) is 0 Å². The zero-order valence-corrected chi connectivity index (χ0v) is 19.4. The fourth-order valence-electron chi connectivity index (χ4n) is 4.24. The molecule has 5 nitrogen and oxygen atoms in total. The Morgan fingerprint density at radius 3 is 2.41 bits per heavy atom. The first-order chi connectivity index (χ1) is 15.6. The second kappa shape index (κ2) is 10.1. The van der Waals surface area contributed by atoms with Crippen LogP contribution in [0.3, 0.4) is 0 Å². The summed E-state index contributed by atoms with van der Waals surface area (Å²) >= 11 is 0. The Morgan fingerprint density at radius 1 is 0.906 bits per heavy atom. The first kappa shape index (κ1) is 22.2. The summed E-state index contributed by atoms with van der Waals surface area (Å²) in [5, 5.41) is 3.67. The lowest BCUT2D eigenvalue weighted by Crippen LogP contribution is -2.31. The second-order valence-corrected chi connectivity index (χ2v) is 8.31. The maximum atomic E-state index is 5.96. The van der Waals surface area contributed by atoms with E-state index in [1.165, 1.54) is 11.1 Å². The molecule has 1 N–H and O–H groups in total. The summed E-state index contributed by atoms with van der Waals surface area (Å²) in [7, 11) is 7.55. The van der Waals surface area contributed by atoms with Crippen molar-refractivity contribution in [3.63, 3.8) is 0 Å². The van der Waals surface area contributed by atoms with Crippen LogP contribution in [0.25, 0.3) is 11.1 Å². The molecular formula is C27H32N2O3. The summed E-state index contributed by atoms with van der Waals surface area (Å²) < 4.78 is 17.6. The Kier molecular flexibility index (Phi) is 6.98. The predicted octanol–water partition coefficient (Wildman–Crippen LogP) is 4.55. The Bertz CT molecular complexity index is 1050. The molecule has 1 aliphatic heterocycles. The maximum Gasteiger partial charge on any atom is 0.127 e. The number of rotatable bonds is 8. The minimum atomic E-state index is 0.0308. The fourth-order valence-corrected chi connectivity index (χ4v) is 4.24. The van der Waals surface area contributed by atoms with Gasteiger partial charge >= 0.3 is 0 Å². The van der Waals surface area contributed by atoms with E-state index in [0.717, 1.165) is 53.4 Å². The zero-order valence-electron chi connectivity index (χ0n) is 19.4. The molecular weight excluding hydrogens is 400 g/mol. The van der Waals surface area contributed by atoms with Gasteiger partial charge in [-0.2, -0.15) is 0 Å². The lowest BCUT2D eigenvalue weighted by atomic mass is 9.88. The van der Waals surface area contributed by atoms with E-state index in [4.69, 9.17) is 14.2 Å². The molecule has 0 spiro atoms. The molecule has 1 aliphatic rings. The summed E-state index contributed by atoms with van der Waals surface area (Å²) in [5.74, 6) is 2.61. The number of nitrogens with one attached hydrogen (secondary N) is 1. The van der Waals surface area contributed by atoms with Crippen molar-refractivity contribution in [1.82, 2.24) is 10.2 Å². The highest BCUT2D eigenvalue weighted by molar-refractivity contribution is 5.73. The Hall–Kier alpha value is -3.02. The van der Waals surface area contributed by atoms with Gasteiger partial charge in [0.1, 0.15) is 23.9 Å². The van der Waals surface area contributed by atoms with Crippen molar-refractivity contribution < 1.29 is 14.2 Å². The third-order valence-corrected chi connectivity index (χ3v) is 5.92. The number of nitrogens with zero attached hydrogens (tertiary/aromatic N) is 1. The van der Waals surface area contributed by atoms with Crippen LogP contribution in [0.2, 0.25) is 0 Å². The molecule has 0 saturated heterocycles. The molecule has 0 aromatic heterocycles. The van der Waals surface area contributed by atoms with Crippen molar-refractivity contribution in [2.45, 2.75) is 12.5 Å². The largest absolute Gasteiger partial charge is 0.496 e. The van der Waals surface area contributed by atoms with E-state index < -0.39 is 0 Å². The molecule has 3 aromatic rings. The van der Waals surface area contributed by atoms with Crippen molar-refractivity contribution in [3.05, 3.63) is 77.4 Å². The smallest absolute Gasteiger partial charge is 0.127 e. The third kappa shape index (κ3) is 4.74. The minimum absolute atomic E-state index is 0.0308. The summed E-state index contributed by atoms with van der Waals surface area (Å²) in [6, 6.07) is 20.9. The summed E-state index contributed by atoms with van der Waals surface area (Å²) in [4.78, 5) is 2.12. The second-order valence-electron chi connectivity index (χ2n) is 8.31. The van der Waals surface area contributed by atoms with Gasteiger partial charge in [-0.3, -0.25) is 0 Å². The number of benzene rings is 3. The number of ether oxygens (including phenoxy) is 3. The fraction of sp³-hybridized carbons (Fsp3) is 0.333. The topological polar surface area (TPSA) is 43.0 Å². The van der Waals surface area contributed by atoms with Gasteiger partial charge in [0.15, 0.2) is 0 Å². The SMILES string of the molecule is COc1cc(C2NCCc3cc(OCCN(C)C)ccc32)c(OC)cc1-c1ccccc1. The number of likely N-dealkylation sites (N-methyl/N-ethyl adjacent to an activating group) is 1. The van der Waals surface area contributed by atoms with Crippen LogP contribution in [0.1, 0.15) is 22.7 Å². The first-order valence-electron chi connectivity index (χ1n) is 11.1.